The van der Waals surface area contributed by atoms with E-state index in [1.54, 1.807) is 0 Å². The van der Waals surface area contributed by atoms with Crippen LogP contribution in [0.15, 0.2) is 18.2 Å². The molecular formula is C7H4BF6KO2. The van der Waals surface area contributed by atoms with Gasteiger partial charge in [-0.3, -0.25) is 0 Å². The molecule has 1 N–H and O–H groups in total. The van der Waals surface area contributed by atoms with Gasteiger partial charge in [0.2, 0.25) is 0 Å². The molecule has 0 saturated carbocycles. The van der Waals surface area contributed by atoms with Gasteiger partial charge >= 0.3 is 64.7 Å². The number of phenols is 1. The second kappa shape index (κ2) is 5.83. The molecule has 0 atom stereocenters. The summed E-state index contributed by atoms with van der Waals surface area (Å²) in [4.78, 5) is 0. The number of rotatable bonds is 2. The van der Waals surface area contributed by atoms with Crippen molar-refractivity contribution in [2.45, 2.75) is 6.36 Å². The van der Waals surface area contributed by atoms with Crippen LogP contribution in [0.4, 0.5) is 26.1 Å². The number of ether oxygens (including phenoxy) is 1. The summed E-state index contributed by atoms with van der Waals surface area (Å²) >= 11 is 0. The van der Waals surface area contributed by atoms with Gasteiger partial charge in [0.05, 0.1) is 0 Å². The Balaban J connectivity index is 0.00000256. The maximum Gasteiger partial charge on any atom is 1.00 e. The zero-order chi connectivity index (χ0) is 12.6. The van der Waals surface area contributed by atoms with Crippen molar-refractivity contribution in [1.29, 1.82) is 0 Å². The first-order valence-electron chi connectivity index (χ1n) is 3.88. The van der Waals surface area contributed by atoms with E-state index < -0.39 is 30.3 Å². The summed E-state index contributed by atoms with van der Waals surface area (Å²) in [6.45, 7) is -5.70. The Bertz CT molecular complexity index is 391. The number of aromatic hydroxyl groups is 1. The maximum atomic E-state index is 12.3. The van der Waals surface area contributed by atoms with Crippen molar-refractivity contribution in [3.63, 3.8) is 0 Å². The monoisotopic (exact) mass is 284 g/mol. The normalized spacial score (nSPS) is 11.9. The van der Waals surface area contributed by atoms with Gasteiger partial charge in [-0.05, 0) is 18.2 Å². The third-order valence-electron chi connectivity index (χ3n) is 1.57. The van der Waals surface area contributed by atoms with E-state index in [1.807, 2.05) is 0 Å². The fourth-order valence-electron chi connectivity index (χ4n) is 1.01. The Kier molecular flexibility index (Phi) is 5.86. The van der Waals surface area contributed by atoms with E-state index in [1.165, 1.54) is 0 Å². The van der Waals surface area contributed by atoms with Gasteiger partial charge in [-0.15, -0.1) is 13.2 Å². The quantitative estimate of drug-likeness (QED) is 0.577. The van der Waals surface area contributed by atoms with Crippen LogP contribution in [0.5, 0.6) is 11.5 Å². The van der Waals surface area contributed by atoms with E-state index in [-0.39, 0.29) is 57.5 Å². The molecule has 10 heteroatoms. The zero-order valence-electron chi connectivity index (χ0n) is 8.43. The molecular weight excluding hydrogens is 280 g/mol. The van der Waals surface area contributed by atoms with Crippen LogP contribution in [0.25, 0.3) is 0 Å². The molecule has 0 radical (unpaired) electrons. The summed E-state index contributed by atoms with van der Waals surface area (Å²) in [6, 6.07) is 1.26. The van der Waals surface area contributed by atoms with Crippen LogP contribution in [0.1, 0.15) is 0 Å². The SMILES string of the molecule is Oc1ccc(OC(F)(F)F)c([B-](F)(F)F)c1.[K+]. The predicted octanol–water partition coefficient (Wildman–Crippen LogP) is -0.651. The smallest absolute Gasteiger partial charge is 0.508 e. The molecule has 0 unspecified atom stereocenters. The molecule has 0 aromatic heterocycles. The van der Waals surface area contributed by atoms with Crippen molar-refractivity contribution in [2.75, 3.05) is 0 Å². The molecule has 0 heterocycles. The topological polar surface area (TPSA) is 29.5 Å². The number of hydrogen-bond acceptors (Lipinski definition) is 2. The summed E-state index contributed by atoms with van der Waals surface area (Å²) in [5.74, 6) is -2.17. The molecule has 0 amide bonds. The van der Waals surface area contributed by atoms with E-state index in [0.717, 1.165) is 0 Å². The molecule has 0 aliphatic heterocycles. The molecule has 0 saturated heterocycles. The van der Waals surface area contributed by atoms with Gasteiger partial charge in [-0.25, -0.2) is 0 Å². The molecule has 1 aromatic carbocycles. The van der Waals surface area contributed by atoms with Crippen LogP contribution in [0.3, 0.4) is 0 Å². The number of benzene rings is 1. The zero-order valence-corrected chi connectivity index (χ0v) is 11.6. The van der Waals surface area contributed by atoms with Crippen molar-refractivity contribution in [2.24, 2.45) is 0 Å². The van der Waals surface area contributed by atoms with E-state index in [2.05, 4.69) is 4.74 Å². The molecule has 90 valence electrons. The van der Waals surface area contributed by atoms with Crippen LogP contribution in [0, 0.1) is 0 Å². The number of halogens is 6. The van der Waals surface area contributed by atoms with Crippen molar-refractivity contribution in [3.8, 4) is 11.5 Å². The van der Waals surface area contributed by atoms with Crippen molar-refractivity contribution in [1.82, 2.24) is 0 Å². The Hall–Kier alpha value is 0.101. The summed E-state index contributed by atoms with van der Waals surface area (Å²) in [5.41, 5.74) is -1.63. The largest absolute Gasteiger partial charge is 1.00 e. The van der Waals surface area contributed by atoms with Crippen LogP contribution < -0.4 is 61.6 Å². The minimum atomic E-state index is -5.70. The predicted molar refractivity (Wildman–Crippen MR) is 43.5 cm³/mol. The molecule has 17 heavy (non-hydrogen) atoms. The van der Waals surface area contributed by atoms with E-state index in [4.69, 9.17) is 5.11 Å². The average Bonchev–Trinajstić information content (AvgIpc) is 2.04. The van der Waals surface area contributed by atoms with Crippen LogP contribution in [-0.2, 0) is 0 Å². The fraction of sp³-hybridized carbons (Fsp3) is 0.143. The minimum absolute atomic E-state index is 0. The fourth-order valence-corrected chi connectivity index (χ4v) is 1.01. The first-order chi connectivity index (χ1) is 7.09. The number of hydrogen-bond donors (Lipinski definition) is 1. The molecule has 0 fully saturated rings. The standard InChI is InChI=1S/C7H4BF6O2.K/c9-7(10,11)16-6-2-1-4(15)3-5(6)8(12,13)14;/h1-3,15H;/q-1;+1. The van der Waals surface area contributed by atoms with E-state index >= 15 is 0 Å². The van der Waals surface area contributed by atoms with Gasteiger partial charge in [0.1, 0.15) is 11.5 Å². The van der Waals surface area contributed by atoms with Gasteiger partial charge in [0.15, 0.2) is 0 Å². The molecule has 0 aliphatic rings. The van der Waals surface area contributed by atoms with Gasteiger partial charge in [0, 0.05) is 0 Å². The van der Waals surface area contributed by atoms with E-state index in [9.17, 15) is 26.1 Å². The molecule has 0 bridgehead atoms. The molecule has 2 nitrogen and oxygen atoms in total. The van der Waals surface area contributed by atoms with Gasteiger partial charge in [-0.2, -0.15) is 0 Å². The van der Waals surface area contributed by atoms with Gasteiger partial charge in [0.25, 0.3) is 0 Å². The van der Waals surface area contributed by atoms with Crippen molar-refractivity contribution in [3.05, 3.63) is 18.2 Å². The first-order valence-corrected chi connectivity index (χ1v) is 3.88. The molecule has 1 rings (SSSR count). The average molecular weight is 284 g/mol. The molecule has 1 aromatic rings. The summed E-state index contributed by atoms with van der Waals surface area (Å²) < 4.78 is 75.4. The summed E-state index contributed by atoms with van der Waals surface area (Å²) in [6.07, 6.45) is -5.22. The Labute approximate surface area is 134 Å². The van der Waals surface area contributed by atoms with Gasteiger partial charge < -0.3 is 22.8 Å². The van der Waals surface area contributed by atoms with E-state index in [0.29, 0.717) is 12.1 Å². The minimum Gasteiger partial charge on any atom is -0.508 e. The first kappa shape index (κ1) is 17.1. The van der Waals surface area contributed by atoms with Gasteiger partial charge in [-0.1, -0.05) is 5.46 Å². The number of alkyl halides is 3. The van der Waals surface area contributed by atoms with Crippen LogP contribution in [-0.4, -0.2) is 18.4 Å². The van der Waals surface area contributed by atoms with Crippen LogP contribution in [0.2, 0.25) is 0 Å². The van der Waals surface area contributed by atoms with Crippen molar-refractivity contribution < 1.29 is 87.3 Å². The summed E-state index contributed by atoms with van der Waals surface area (Å²) in [7, 11) is 0. The second-order valence-electron chi connectivity index (χ2n) is 2.84. The Morgan fingerprint density at radius 2 is 1.65 bits per heavy atom. The molecule has 0 aliphatic carbocycles. The third kappa shape index (κ3) is 5.51. The second-order valence-corrected chi connectivity index (χ2v) is 2.84. The number of phenolic OH excluding ortho intramolecular Hbond substituents is 1. The third-order valence-corrected chi connectivity index (χ3v) is 1.57. The maximum absolute atomic E-state index is 12.3. The summed E-state index contributed by atoms with van der Waals surface area (Å²) in [5, 5.41) is 8.77. The molecule has 0 spiro atoms. The van der Waals surface area contributed by atoms with Crippen LogP contribution >= 0.6 is 0 Å². The Morgan fingerprint density at radius 1 is 1.12 bits per heavy atom. The van der Waals surface area contributed by atoms with Crippen molar-refractivity contribution >= 4 is 12.4 Å². The Morgan fingerprint density at radius 3 is 2.06 bits per heavy atom.